The van der Waals surface area contributed by atoms with Gasteiger partial charge in [0, 0.05) is 13.1 Å². The number of benzene rings is 1. The zero-order chi connectivity index (χ0) is 14.6. The minimum atomic E-state index is -3.68. The molecule has 7 heteroatoms. The van der Waals surface area contributed by atoms with Gasteiger partial charge in [0.15, 0.2) is 0 Å². The van der Waals surface area contributed by atoms with E-state index in [0.29, 0.717) is 0 Å². The van der Waals surface area contributed by atoms with E-state index in [0.717, 1.165) is 18.2 Å². The molecule has 0 aromatic heterocycles. The Labute approximate surface area is 118 Å². The van der Waals surface area contributed by atoms with E-state index in [2.05, 4.69) is 0 Å². The van der Waals surface area contributed by atoms with Crippen molar-refractivity contribution < 1.29 is 12.8 Å². The van der Waals surface area contributed by atoms with Gasteiger partial charge in [-0.15, -0.1) is 0 Å². The SMILES string of the molecule is CSCCC(C)N(C)S(=O)(=O)c1ccc(N)c(F)c1. The third kappa shape index (κ3) is 3.84. The summed E-state index contributed by atoms with van der Waals surface area (Å²) in [5.41, 5.74) is 5.29. The van der Waals surface area contributed by atoms with Crippen LogP contribution in [0.15, 0.2) is 23.1 Å². The molecular formula is C12H19FN2O2S2. The normalized spacial score (nSPS) is 13.7. The first-order chi connectivity index (χ1) is 8.80. The number of rotatable bonds is 6. The fourth-order valence-corrected chi connectivity index (χ4v) is 3.52. The number of nitrogens with two attached hydrogens (primary N) is 1. The third-order valence-electron chi connectivity index (χ3n) is 3.01. The highest BCUT2D eigenvalue weighted by Crippen LogP contribution is 2.21. The van der Waals surface area contributed by atoms with Gasteiger partial charge in [-0.25, -0.2) is 12.8 Å². The van der Waals surface area contributed by atoms with Gasteiger partial charge < -0.3 is 5.73 Å². The number of sulfonamides is 1. The lowest BCUT2D eigenvalue weighted by molar-refractivity contribution is 0.382. The van der Waals surface area contributed by atoms with E-state index in [9.17, 15) is 12.8 Å². The number of hydrogen-bond donors (Lipinski definition) is 1. The van der Waals surface area contributed by atoms with Gasteiger partial charge in [-0.3, -0.25) is 0 Å². The third-order valence-corrected chi connectivity index (χ3v) is 5.62. The molecule has 0 spiro atoms. The van der Waals surface area contributed by atoms with Crippen LogP contribution >= 0.6 is 11.8 Å². The van der Waals surface area contributed by atoms with Gasteiger partial charge in [0.25, 0.3) is 0 Å². The van der Waals surface area contributed by atoms with Crippen LogP contribution in [0, 0.1) is 5.82 Å². The number of nitrogens with zero attached hydrogens (tertiary/aromatic N) is 1. The average Bonchev–Trinajstić information content (AvgIpc) is 2.37. The fourth-order valence-electron chi connectivity index (χ4n) is 1.54. The lowest BCUT2D eigenvalue weighted by atomic mass is 10.3. The van der Waals surface area contributed by atoms with Crippen LogP contribution in [0.1, 0.15) is 13.3 Å². The molecule has 108 valence electrons. The predicted octanol–water partition coefficient (Wildman–Crippen LogP) is 2.17. The van der Waals surface area contributed by atoms with Crippen LogP contribution in [0.5, 0.6) is 0 Å². The van der Waals surface area contributed by atoms with Crippen molar-refractivity contribution in [2.75, 3.05) is 24.8 Å². The molecule has 4 nitrogen and oxygen atoms in total. The lowest BCUT2D eigenvalue weighted by Gasteiger charge is -2.24. The van der Waals surface area contributed by atoms with Crippen LogP contribution in [0.25, 0.3) is 0 Å². The molecule has 0 amide bonds. The van der Waals surface area contributed by atoms with Crippen LogP contribution in [0.4, 0.5) is 10.1 Å². The fraction of sp³-hybridized carbons (Fsp3) is 0.500. The Bertz CT molecular complexity index is 535. The quantitative estimate of drug-likeness (QED) is 0.818. The molecule has 1 rings (SSSR count). The topological polar surface area (TPSA) is 63.4 Å². The molecule has 0 saturated carbocycles. The second-order valence-corrected chi connectivity index (χ2v) is 7.32. The Balaban J connectivity index is 2.99. The molecule has 0 heterocycles. The summed E-state index contributed by atoms with van der Waals surface area (Å²) in [6.07, 6.45) is 2.71. The van der Waals surface area contributed by atoms with Gasteiger partial charge in [-0.2, -0.15) is 16.1 Å². The van der Waals surface area contributed by atoms with E-state index in [1.165, 1.54) is 23.5 Å². The summed E-state index contributed by atoms with van der Waals surface area (Å²) >= 11 is 1.66. The molecule has 0 aliphatic rings. The zero-order valence-electron chi connectivity index (χ0n) is 11.3. The van der Waals surface area contributed by atoms with Gasteiger partial charge in [-0.1, -0.05) is 0 Å². The number of nitrogen functional groups attached to an aromatic ring is 1. The molecule has 0 aliphatic heterocycles. The first-order valence-corrected chi connectivity index (χ1v) is 8.66. The molecule has 0 fully saturated rings. The molecule has 1 unspecified atom stereocenters. The van der Waals surface area contributed by atoms with Crippen molar-refractivity contribution in [1.29, 1.82) is 0 Å². The highest BCUT2D eigenvalue weighted by molar-refractivity contribution is 7.98. The predicted molar refractivity (Wildman–Crippen MR) is 78.2 cm³/mol. The standard InChI is InChI=1S/C12H19FN2O2S2/c1-9(6-7-18-3)15(2)19(16,17)10-4-5-12(14)11(13)8-10/h4-5,8-9H,6-7,14H2,1-3H3. The van der Waals surface area contributed by atoms with E-state index >= 15 is 0 Å². The minimum absolute atomic E-state index is 0.0583. The first-order valence-electron chi connectivity index (χ1n) is 5.82. The van der Waals surface area contributed by atoms with E-state index in [1.54, 1.807) is 11.8 Å². The number of halogens is 1. The van der Waals surface area contributed by atoms with Crippen LogP contribution in [0.2, 0.25) is 0 Å². The van der Waals surface area contributed by atoms with E-state index in [-0.39, 0.29) is 16.6 Å². The summed E-state index contributed by atoms with van der Waals surface area (Å²) in [5, 5.41) is 0. The monoisotopic (exact) mass is 306 g/mol. The Hall–Kier alpha value is -0.790. The van der Waals surface area contributed by atoms with Crippen molar-refractivity contribution in [2.24, 2.45) is 0 Å². The second-order valence-electron chi connectivity index (χ2n) is 4.34. The zero-order valence-corrected chi connectivity index (χ0v) is 12.9. The number of hydrogen-bond acceptors (Lipinski definition) is 4. The largest absolute Gasteiger partial charge is 0.396 e. The minimum Gasteiger partial charge on any atom is -0.396 e. The number of thioether (sulfide) groups is 1. The van der Waals surface area contributed by atoms with E-state index in [1.807, 2.05) is 13.2 Å². The van der Waals surface area contributed by atoms with Crippen molar-refractivity contribution in [3.8, 4) is 0 Å². The maximum Gasteiger partial charge on any atom is 0.243 e. The van der Waals surface area contributed by atoms with Crippen LogP contribution in [-0.2, 0) is 10.0 Å². The van der Waals surface area contributed by atoms with Gasteiger partial charge >= 0.3 is 0 Å². The maximum absolute atomic E-state index is 13.4. The highest BCUT2D eigenvalue weighted by atomic mass is 32.2. The van der Waals surface area contributed by atoms with Crippen molar-refractivity contribution in [3.05, 3.63) is 24.0 Å². The molecule has 1 aromatic rings. The molecule has 2 N–H and O–H groups in total. The van der Waals surface area contributed by atoms with Crippen LogP contribution in [0.3, 0.4) is 0 Å². The summed E-state index contributed by atoms with van der Waals surface area (Å²) < 4.78 is 39.3. The molecule has 1 aromatic carbocycles. The Morgan fingerprint density at radius 1 is 1.47 bits per heavy atom. The van der Waals surface area contributed by atoms with Crippen molar-refractivity contribution in [1.82, 2.24) is 4.31 Å². The Morgan fingerprint density at radius 2 is 2.11 bits per heavy atom. The van der Waals surface area contributed by atoms with Gasteiger partial charge in [-0.05, 0) is 43.6 Å². The average molecular weight is 306 g/mol. The lowest BCUT2D eigenvalue weighted by Crippen LogP contribution is -2.35. The summed E-state index contributed by atoms with van der Waals surface area (Å²) in [7, 11) is -2.17. The molecule has 0 bridgehead atoms. The van der Waals surface area contributed by atoms with E-state index in [4.69, 9.17) is 5.73 Å². The Kier molecular flexibility index (Phi) is 5.64. The van der Waals surface area contributed by atoms with Gasteiger partial charge in [0.05, 0.1) is 10.6 Å². The molecule has 19 heavy (non-hydrogen) atoms. The molecule has 0 aliphatic carbocycles. The summed E-state index contributed by atoms with van der Waals surface area (Å²) in [4.78, 5) is -0.0716. The van der Waals surface area contributed by atoms with Crippen molar-refractivity contribution >= 4 is 27.5 Å². The number of anilines is 1. The molecule has 0 saturated heterocycles. The molecular weight excluding hydrogens is 287 g/mol. The summed E-state index contributed by atoms with van der Waals surface area (Å²) in [6.45, 7) is 1.83. The van der Waals surface area contributed by atoms with Gasteiger partial charge in [0.2, 0.25) is 10.0 Å². The van der Waals surface area contributed by atoms with Gasteiger partial charge in [0.1, 0.15) is 5.82 Å². The molecule has 0 radical (unpaired) electrons. The van der Waals surface area contributed by atoms with Crippen molar-refractivity contribution in [3.63, 3.8) is 0 Å². The van der Waals surface area contributed by atoms with E-state index < -0.39 is 15.8 Å². The summed E-state index contributed by atoms with van der Waals surface area (Å²) in [6, 6.07) is 3.41. The smallest absolute Gasteiger partial charge is 0.243 e. The molecule has 1 atom stereocenters. The van der Waals surface area contributed by atoms with Crippen LogP contribution < -0.4 is 5.73 Å². The van der Waals surface area contributed by atoms with Crippen molar-refractivity contribution in [2.45, 2.75) is 24.3 Å². The first kappa shape index (κ1) is 16.3. The van der Waals surface area contributed by atoms with Crippen LogP contribution in [-0.4, -0.2) is 37.8 Å². The summed E-state index contributed by atoms with van der Waals surface area (Å²) in [5.74, 6) is 0.156. The second kappa shape index (κ2) is 6.58. The Morgan fingerprint density at radius 3 is 2.63 bits per heavy atom. The highest BCUT2D eigenvalue weighted by Gasteiger charge is 2.25. The maximum atomic E-state index is 13.4.